The molecule has 54 heavy (non-hydrogen) atoms. The molecule has 0 atom stereocenters. The van der Waals surface area contributed by atoms with Crippen molar-refractivity contribution in [2.45, 2.75) is 52.1 Å². The van der Waals surface area contributed by atoms with Crippen molar-refractivity contribution in [2.75, 3.05) is 76.6 Å². The molecule has 0 saturated heterocycles. The van der Waals surface area contributed by atoms with Gasteiger partial charge in [0.25, 0.3) is 6.01 Å². The van der Waals surface area contributed by atoms with Gasteiger partial charge >= 0.3 is 0 Å². The van der Waals surface area contributed by atoms with Gasteiger partial charge in [-0.1, -0.05) is 25.1 Å². The highest BCUT2D eigenvalue weighted by molar-refractivity contribution is 7.89. The first-order valence-corrected chi connectivity index (χ1v) is 19.9. The van der Waals surface area contributed by atoms with E-state index in [9.17, 15) is 13.2 Å². The minimum absolute atomic E-state index is 0.0196. The van der Waals surface area contributed by atoms with Crippen molar-refractivity contribution >= 4 is 49.8 Å². The van der Waals surface area contributed by atoms with Crippen molar-refractivity contribution in [2.24, 2.45) is 0 Å². The number of ether oxygens (including phenoxy) is 4. The summed E-state index contributed by atoms with van der Waals surface area (Å²) in [6.07, 6.45) is 3.68. The maximum absolute atomic E-state index is 13.2. The summed E-state index contributed by atoms with van der Waals surface area (Å²) >= 11 is 0. The van der Waals surface area contributed by atoms with Crippen molar-refractivity contribution in [3.63, 3.8) is 0 Å². The lowest BCUT2D eigenvalue weighted by Gasteiger charge is -2.28. The van der Waals surface area contributed by atoms with Crippen LogP contribution in [-0.2, 0) is 53.3 Å². The lowest BCUT2D eigenvalue weighted by atomic mass is 9.98. The number of rotatable bonds is 22. The Kier molecular flexibility index (Phi) is 13.6. The highest BCUT2D eigenvalue weighted by Crippen LogP contribution is 2.33. The first-order valence-electron chi connectivity index (χ1n) is 18.3. The average molecular weight is 765 g/mol. The Morgan fingerprint density at radius 3 is 2.39 bits per heavy atom. The molecule has 0 aliphatic carbocycles. The van der Waals surface area contributed by atoms with Gasteiger partial charge in [-0.05, 0) is 54.2 Å². The first-order chi connectivity index (χ1) is 26.2. The molecule has 5 aromatic rings. The number of hydrogen-bond acceptors (Lipinski definition) is 14. The van der Waals surface area contributed by atoms with Crippen LogP contribution in [0.25, 0.3) is 33.4 Å². The van der Waals surface area contributed by atoms with Gasteiger partial charge in [0.1, 0.15) is 29.1 Å². The lowest BCUT2D eigenvalue weighted by Crippen LogP contribution is -2.37. The number of sulfonamides is 1. The molecular weight excluding hydrogens is 717 g/mol. The van der Waals surface area contributed by atoms with Crippen LogP contribution in [0.15, 0.2) is 47.1 Å². The van der Waals surface area contributed by atoms with E-state index in [0.29, 0.717) is 92.8 Å². The maximum Gasteiger partial charge on any atom is 0.292 e. The van der Waals surface area contributed by atoms with Crippen LogP contribution in [0.5, 0.6) is 0 Å². The molecule has 6 rings (SSSR count). The summed E-state index contributed by atoms with van der Waals surface area (Å²) in [6.45, 7) is 7.02. The van der Waals surface area contributed by atoms with Gasteiger partial charge in [-0.2, -0.15) is 14.4 Å². The number of aromatic nitrogens is 5. The zero-order valence-electron chi connectivity index (χ0n) is 30.6. The number of anilines is 2. The Morgan fingerprint density at radius 2 is 1.63 bits per heavy atom. The SMILES string of the molecule is CCCOCCOCCOCCOCCC(=O)CCCS(=O)(=O)N1CCc2cc(Cn3nc(-c4ccc5oc(N)nc5c4)c4c(N)ncnc43)ccc2C1. The molecule has 4 N–H and O–H groups in total. The minimum Gasteiger partial charge on any atom is -0.424 e. The van der Waals surface area contributed by atoms with Crippen LogP contribution in [0, 0.1) is 0 Å². The van der Waals surface area contributed by atoms with Crippen LogP contribution in [-0.4, -0.2) is 108 Å². The maximum atomic E-state index is 13.2. The van der Waals surface area contributed by atoms with Crippen LogP contribution in [0.3, 0.4) is 0 Å². The topological polar surface area (TPSA) is 213 Å². The number of nitrogens with two attached hydrogens (primary N) is 2. The minimum atomic E-state index is -3.53. The zero-order chi connectivity index (χ0) is 37.9. The summed E-state index contributed by atoms with van der Waals surface area (Å²) < 4.78 is 56.9. The second-order valence-corrected chi connectivity index (χ2v) is 15.1. The smallest absolute Gasteiger partial charge is 0.292 e. The quantitative estimate of drug-likeness (QED) is 0.0962. The fourth-order valence-corrected chi connectivity index (χ4v) is 7.79. The number of carbonyl (C=O) groups is 1. The van der Waals surface area contributed by atoms with Crippen LogP contribution in [0.1, 0.15) is 49.3 Å². The van der Waals surface area contributed by atoms with Crippen LogP contribution in [0.4, 0.5) is 11.8 Å². The number of ketones is 1. The predicted octanol–water partition coefficient (Wildman–Crippen LogP) is 3.75. The highest BCUT2D eigenvalue weighted by atomic mass is 32.2. The molecule has 0 amide bonds. The van der Waals surface area contributed by atoms with E-state index in [1.54, 1.807) is 10.7 Å². The van der Waals surface area contributed by atoms with E-state index in [1.807, 2.05) is 24.3 Å². The number of nitrogens with zero attached hydrogens (tertiary/aromatic N) is 6. The van der Waals surface area contributed by atoms with E-state index in [1.165, 1.54) is 10.6 Å². The number of carbonyl (C=O) groups excluding carboxylic acids is 1. The summed E-state index contributed by atoms with van der Waals surface area (Å²) in [7, 11) is -3.53. The fourth-order valence-electron chi connectivity index (χ4n) is 6.32. The number of Topliss-reactive ketones (excluding diaryl/α,β-unsaturated/α-hetero) is 1. The zero-order valence-corrected chi connectivity index (χ0v) is 31.4. The van der Waals surface area contributed by atoms with Crippen LogP contribution < -0.4 is 11.5 Å². The second kappa shape index (κ2) is 18.7. The molecule has 0 unspecified atom stereocenters. The van der Waals surface area contributed by atoms with E-state index >= 15 is 0 Å². The van der Waals surface area contributed by atoms with Gasteiger partial charge in [-0.25, -0.2) is 23.1 Å². The van der Waals surface area contributed by atoms with E-state index in [4.69, 9.17) is 39.9 Å². The molecular formula is C37H48N8O8S. The number of benzene rings is 2. The van der Waals surface area contributed by atoms with Gasteiger partial charge < -0.3 is 34.8 Å². The molecule has 16 nitrogen and oxygen atoms in total. The monoisotopic (exact) mass is 764 g/mol. The third-order valence-corrected chi connectivity index (χ3v) is 11.0. The Balaban J connectivity index is 0.947. The second-order valence-electron chi connectivity index (χ2n) is 13.0. The standard InChI is InChI=1S/C37H48N8O8S/c1-2-12-49-14-16-51-18-19-52-17-15-50-13-10-30(46)4-3-20-54(47,48)44-11-9-27-21-26(5-6-29(27)24-44)23-45-36-33(35(38)40-25-41-36)34(43-45)28-7-8-32-31(22-28)42-37(39)53-32/h5-8,21-22,25H,2-4,9-20,23-24H2,1H3,(H2,39,42)(H2,38,40,41). The molecule has 0 bridgehead atoms. The molecule has 2 aromatic carbocycles. The fraction of sp³-hybridized carbons (Fsp3) is 0.486. The number of oxazole rings is 1. The van der Waals surface area contributed by atoms with Crippen molar-refractivity contribution in [3.05, 3.63) is 59.4 Å². The normalized spacial score (nSPS) is 13.6. The lowest BCUT2D eigenvalue weighted by molar-refractivity contribution is -0.120. The summed E-state index contributed by atoms with van der Waals surface area (Å²) in [5, 5.41) is 5.52. The Bertz CT molecular complexity index is 2140. The van der Waals surface area contributed by atoms with E-state index in [2.05, 4.69) is 27.9 Å². The van der Waals surface area contributed by atoms with Gasteiger partial charge in [0.2, 0.25) is 10.0 Å². The molecule has 0 radical (unpaired) electrons. The van der Waals surface area contributed by atoms with E-state index < -0.39 is 10.0 Å². The van der Waals surface area contributed by atoms with Crippen molar-refractivity contribution in [1.29, 1.82) is 0 Å². The van der Waals surface area contributed by atoms with Crippen molar-refractivity contribution in [3.8, 4) is 11.3 Å². The molecule has 0 fully saturated rings. The van der Waals surface area contributed by atoms with Gasteiger partial charge in [-0.15, -0.1) is 0 Å². The van der Waals surface area contributed by atoms with Gasteiger partial charge in [0.05, 0.1) is 63.9 Å². The molecule has 3 aromatic heterocycles. The third-order valence-electron chi connectivity index (χ3n) is 9.06. The summed E-state index contributed by atoms with van der Waals surface area (Å²) in [5.74, 6) is 0.212. The summed E-state index contributed by atoms with van der Waals surface area (Å²) in [4.78, 5) is 25.3. The number of hydrogen-bond donors (Lipinski definition) is 2. The first kappa shape index (κ1) is 39.2. The molecule has 4 heterocycles. The number of nitrogen functional groups attached to an aromatic ring is 2. The summed E-state index contributed by atoms with van der Waals surface area (Å²) in [6, 6.07) is 11.6. The highest BCUT2D eigenvalue weighted by Gasteiger charge is 2.27. The molecule has 0 spiro atoms. The van der Waals surface area contributed by atoms with Gasteiger partial charge in [0.15, 0.2) is 11.2 Å². The molecule has 1 aliphatic rings. The predicted molar refractivity (Wildman–Crippen MR) is 203 cm³/mol. The molecule has 17 heteroatoms. The van der Waals surface area contributed by atoms with Gasteiger partial charge in [-0.3, -0.25) is 4.79 Å². The number of fused-ring (bicyclic) bond motifs is 3. The molecule has 290 valence electrons. The van der Waals surface area contributed by atoms with E-state index in [0.717, 1.165) is 35.3 Å². The van der Waals surface area contributed by atoms with Crippen molar-refractivity contribution in [1.82, 2.24) is 29.0 Å². The Labute approximate surface area is 314 Å². The van der Waals surface area contributed by atoms with E-state index in [-0.39, 0.29) is 50.0 Å². The molecule has 1 aliphatic heterocycles. The largest absolute Gasteiger partial charge is 0.424 e. The third kappa shape index (κ3) is 10.2. The Morgan fingerprint density at radius 1 is 0.889 bits per heavy atom. The summed E-state index contributed by atoms with van der Waals surface area (Å²) in [5.41, 5.74) is 18.2. The van der Waals surface area contributed by atoms with Crippen LogP contribution >= 0.6 is 0 Å². The van der Waals surface area contributed by atoms with Crippen molar-refractivity contribution < 1.29 is 36.6 Å². The average Bonchev–Trinajstić information content (AvgIpc) is 3.72. The molecule has 0 saturated carbocycles. The van der Waals surface area contributed by atoms with Crippen LogP contribution in [0.2, 0.25) is 0 Å². The van der Waals surface area contributed by atoms with Gasteiger partial charge in [0, 0.05) is 38.1 Å². The Hall–Kier alpha value is -4.52.